The first-order valence-electron chi connectivity index (χ1n) is 4.33. The van der Waals surface area contributed by atoms with Crippen molar-refractivity contribution < 1.29 is 5.11 Å². The Labute approximate surface area is 73.1 Å². The summed E-state index contributed by atoms with van der Waals surface area (Å²) >= 11 is 0. The number of aromatic nitrogens is 2. The minimum atomic E-state index is -0.302. The molecule has 0 fully saturated rings. The molecule has 0 bridgehead atoms. The molecule has 0 aliphatic carbocycles. The van der Waals surface area contributed by atoms with E-state index >= 15 is 0 Å². The van der Waals surface area contributed by atoms with E-state index in [0.29, 0.717) is 6.54 Å². The van der Waals surface area contributed by atoms with E-state index in [1.807, 2.05) is 11.5 Å². The number of aliphatic hydroxyl groups is 1. The number of hydrogen-bond acceptors (Lipinski definition) is 2. The second-order valence-corrected chi connectivity index (χ2v) is 3.13. The van der Waals surface area contributed by atoms with Gasteiger partial charge in [0.1, 0.15) is 0 Å². The molecule has 1 N–H and O–H groups in total. The topological polar surface area (TPSA) is 38.0 Å². The second kappa shape index (κ2) is 3.72. The zero-order valence-electron chi connectivity index (χ0n) is 7.91. The maximum absolute atomic E-state index is 9.19. The van der Waals surface area contributed by atoms with Gasteiger partial charge < -0.3 is 9.67 Å². The van der Waals surface area contributed by atoms with Gasteiger partial charge in [0.25, 0.3) is 0 Å². The average molecular weight is 168 g/mol. The Morgan fingerprint density at radius 2 is 2.33 bits per heavy atom. The van der Waals surface area contributed by atoms with Crippen LogP contribution in [0.25, 0.3) is 0 Å². The summed E-state index contributed by atoms with van der Waals surface area (Å²) in [5.41, 5.74) is 2.29. The molecule has 0 saturated carbocycles. The Morgan fingerprint density at radius 1 is 1.67 bits per heavy atom. The van der Waals surface area contributed by atoms with Crippen molar-refractivity contribution in [1.29, 1.82) is 0 Å². The van der Waals surface area contributed by atoms with Gasteiger partial charge in [-0.15, -0.1) is 0 Å². The predicted octanol–water partition coefficient (Wildman–Crippen LogP) is 1.13. The van der Waals surface area contributed by atoms with Gasteiger partial charge in [0, 0.05) is 12.2 Å². The fraction of sp³-hybridized carbons (Fsp3) is 0.667. The van der Waals surface area contributed by atoms with Crippen molar-refractivity contribution >= 4 is 0 Å². The van der Waals surface area contributed by atoms with Gasteiger partial charge in [-0.1, -0.05) is 6.92 Å². The van der Waals surface area contributed by atoms with Crippen molar-refractivity contribution in [2.24, 2.45) is 0 Å². The number of nitrogens with zero attached hydrogens (tertiary/aromatic N) is 2. The first-order valence-corrected chi connectivity index (χ1v) is 4.33. The molecule has 0 aromatic carbocycles. The lowest BCUT2D eigenvalue weighted by molar-refractivity contribution is 0.172. The minimum Gasteiger partial charge on any atom is -0.392 e. The van der Waals surface area contributed by atoms with Crippen LogP contribution >= 0.6 is 0 Å². The summed E-state index contributed by atoms with van der Waals surface area (Å²) in [6.07, 6.45) is 2.46. The maximum Gasteiger partial charge on any atom is 0.0952 e. The van der Waals surface area contributed by atoms with Crippen LogP contribution in [0, 0.1) is 6.92 Å². The quantitative estimate of drug-likeness (QED) is 0.734. The highest BCUT2D eigenvalue weighted by Gasteiger charge is 2.06. The molecule has 1 unspecified atom stereocenters. The number of hydrogen-bond donors (Lipinski definition) is 1. The van der Waals surface area contributed by atoms with E-state index in [1.54, 1.807) is 13.3 Å². The fourth-order valence-corrected chi connectivity index (χ4v) is 1.41. The van der Waals surface area contributed by atoms with Gasteiger partial charge >= 0.3 is 0 Å². The average Bonchev–Trinajstić information content (AvgIpc) is 2.30. The van der Waals surface area contributed by atoms with Crippen LogP contribution in [0.3, 0.4) is 0 Å². The van der Waals surface area contributed by atoms with Crippen molar-refractivity contribution in [1.82, 2.24) is 9.55 Å². The van der Waals surface area contributed by atoms with Crippen molar-refractivity contribution in [3.63, 3.8) is 0 Å². The normalized spacial score (nSPS) is 13.3. The predicted molar refractivity (Wildman–Crippen MR) is 48.0 cm³/mol. The van der Waals surface area contributed by atoms with Crippen LogP contribution < -0.4 is 0 Å². The number of aryl methyl sites for hydroxylation is 1. The van der Waals surface area contributed by atoms with Crippen LogP contribution in [-0.4, -0.2) is 20.8 Å². The molecule has 1 rings (SSSR count). The summed E-state index contributed by atoms with van der Waals surface area (Å²) in [5.74, 6) is 0. The molecule has 12 heavy (non-hydrogen) atoms. The lowest BCUT2D eigenvalue weighted by Crippen LogP contribution is -2.13. The Morgan fingerprint density at radius 3 is 2.83 bits per heavy atom. The number of rotatable bonds is 3. The molecule has 1 aromatic rings. The molecule has 0 spiro atoms. The fourth-order valence-electron chi connectivity index (χ4n) is 1.41. The van der Waals surface area contributed by atoms with E-state index < -0.39 is 0 Å². The number of imidazole rings is 1. The molecular formula is C9H16N2O. The summed E-state index contributed by atoms with van der Waals surface area (Å²) in [6, 6.07) is 0. The third-order valence-electron chi connectivity index (χ3n) is 1.95. The Hall–Kier alpha value is -0.830. The SMILES string of the molecule is CCc1c(C)ncn1CC(C)O. The Kier molecular flexibility index (Phi) is 2.87. The highest BCUT2D eigenvalue weighted by molar-refractivity contribution is 5.10. The second-order valence-electron chi connectivity index (χ2n) is 3.13. The van der Waals surface area contributed by atoms with Gasteiger partial charge in [-0.2, -0.15) is 0 Å². The molecule has 68 valence electrons. The van der Waals surface area contributed by atoms with Gasteiger partial charge in [-0.05, 0) is 20.3 Å². The highest BCUT2D eigenvalue weighted by atomic mass is 16.3. The molecule has 0 aliphatic heterocycles. The summed E-state index contributed by atoms with van der Waals surface area (Å²) in [7, 11) is 0. The van der Waals surface area contributed by atoms with Gasteiger partial charge in [-0.3, -0.25) is 0 Å². The zero-order chi connectivity index (χ0) is 9.14. The Balaban J connectivity index is 2.84. The molecule has 1 aromatic heterocycles. The third kappa shape index (κ3) is 1.85. The van der Waals surface area contributed by atoms with Crippen molar-refractivity contribution in [2.45, 2.75) is 39.8 Å². The molecule has 3 nitrogen and oxygen atoms in total. The highest BCUT2D eigenvalue weighted by Crippen LogP contribution is 2.07. The van der Waals surface area contributed by atoms with Crippen molar-refractivity contribution in [3.05, 3.63) is 17.7 Å². The third-order valence-corrected chi connectivity index (χ3v) is 1.95. The summed E-state index contributed by atoms with van der Waals surface area (Å²) in [6.45, 7) is 6.53. The van der Waals surface area contributed by atoms with Crippen molar-refractivity contribution in [3.8, 4) is 0 Å². The zero-order valence-corrected chi connectivity index (χ0v) is 7.91. The van der Waals surface area contributed by atoms with Gasteiger partial charge in [0.2, 0.25) is 0 Å². The molecule has 0 amide bonds. The molecule has 0 saturated heterocycles. The largest absolute Gasteiger partial charge is 0.392 e. The smallest absolute Gasteiger partial charge is 0.0952 e. The molecule has 1 atom stereocenters. The van der Waals surface area contributed by atoms with E-state index in [-0.39, 0.29) is 6.10 Å². The molecule has 0 aliphatic rings. The van der Waals surface area contributed by atoms with Crippen LogP contribution in [0.15, 0.2) is 6.33 Å². The summed E-state index contributed by atoms with van der Waals surface area (Å²) in [5, 5.41) is 9.19. The Bertz CT molecular complexity index is 253. The van der Waals surface area contributed by atoms with Gasteiger partial charge in [0.05, 0.1) is 18.1 Å². The van der Waals surface area contributed by atoms with Crippen LogP contribution in [0.5, 0.6) is 0 Å². The van der Waals surface area contributed by atoms with E-state index in [1.165, 1.54) is 5.69 Å². The van der Waals surface area contributed by atoms with Crippen LogP contribution in [0.1, 0.15) is 25.2 Å². The lowest BCUT2D eigenvalue weighted by atomic mass is 10.2. The molecular weight excluding hydrogens is 152 g/mol. The maximum atomic E-state index is 9.19. The van der Waals surface area contributed by atoms with Crippen LogP contribution in [-0.2, 0) is 13.0 Å². The lowest BCUT2D eigenvalue weighted by Gasteiger charge is -2.08. The number of aliphatic hydroxyl groups excluding tert-OH is 1. The standard InChI is InChI=1S/C9H16N2O/c1-4-9-8(3)10-6-11(9)5-7(2)12/h6-7,12H,4-5H2,1-3H3. The van der Waals surface area contributed by atoms with E-state index in [9.17, 15) is 5.11 Å². The van der Waals surface area contributed by atoms with E-state index in [2.05, 4.69) is 11.9 Å². The minimum absolute atomic E-state index is 0.302. The first-order chi connectivity index (χ1) is 5.65. The van der Waals surface area contributed by atoms with Gasteiger partial charge in [0.15, 0.2) is 0 Å². The van der Waals surface area contributed by atoms with Crippen LogP contribution in [0.2, 0.25) is 0 Å². The molecule has 1 heterocycles. The van der Waals surface area contributed by atoms with E-state index in [0.717, 1.165) is 12.1 Å². The molecule has 3 heteroatoms. The first kappa shape index (κ1) is 9.26. The summed E-state index contributed by atoms with van der Waals surface area (Å²) < 4.78 is 2.01. The van der Waals surface area contributed by atoms with Crippen molar-refractivity contribution in [2.75, 3.05) is 0 Å². The van der Waals surface area contributed by atoms with Gasteiger partial charge in [-0.25, -0.2) is 4.98 Å². The summed E-state index contributed by atoms with van der Waals surface area (Å²) in [4.78, 5) is 4.19. The van der Waals surface area contributed by atoms with Crippen LogP contribution in [0.4, 0.5) is 0 Å². The molecule has 0 radical (unpaired) electrons. The van der Waals surface area contributed by atoms with E-state index in [4.69, 9.17) is 0 Å². The monoisotopic (exact) mass is 168 g/mol.